The topological polar surface area (TPSA) is 58.3 Å². The van der Waals surface area contributed by atoms with E-state index in [9.17, 15) is 5.11 Å². The summed E-state index contributed by atoms with van der Waals surface area (Å²) in [4.78, 5) is 0. The highest BCUT2D eigenvalue weighted by Crippen LogP contribution is 2.34. The maximum absolute atomic E-state index is 10.6. The molecule has 0 spiro atoms. The molecule has 1 aliphatic carbocycles. The lowest BCUT2D eigenvalue weighted by Crippen LogP contribution is -2.41. The average molecular weight is 303 g/mol. The molecule has 2 unspecified atom stereocenters. The van der Waals surface area contributed by atoms with Crippen LogP contribution in [0.2, 0.25) is 10.0 Å². The third kappa shape index (κ3) is 3.68. The van der Waals surface area contributed by atoms with Crippen LogP contribution >= 0.6 is 23.2 Å². The van der Waals surface area contributed by atoms with Gasteiger partial charge in [0.15, 0.2) is 0 Å². The van der Waals surface area contributed by atoms with Crippen molar-refractivity contribution in [3.63, 3.8) is 0 Å². The SMILES string of the molecule is CC1CCCC(O)(CNc2cc(Cl)c(Cl)cc2N)C1. The summed E-state index contributed by atoms with van der Waals surface area (Å²) >= 11 is 11.9. The van der Waals surface area contributed by atoms with Gasteiger partial charge in [0.2, 0.25) is 0 Å². The quantitative estimate of drug-likeness (QED) is 0.742. The van der Waals surface area contributed by atoms with Gasteiger partial charge in [0.25, 0.3) is 0 Å². The van der Waals surface area contributed by atoms with Gasteiger partial charge in [0, 0.05) is 6.54 Å². The zero-order chi connectivity index (χ0) is 14.0. The normalized spacial score (nSPS) is 27.3. The first-order valence-electron chi connectivity index (χ1n) is 6.60. The number of nitrogens with two attached hydrogens (primary N) is 1. The van der Waals surface area contributed by atoms with Crippen molar-refractivity contribution in [1.82, 2.24) is 0 Å². The molecule has 0 aliphatic heterocycles. The van der Waals surface area contributed by atoms with Gasteiger partial charge in [-0.15, -0.1) is 0 Å². The molecule has 0 radical (unpaired) electrons. The van der Waals surface area contributed by atoms with Crippen molar-refractivity contribution >= 4 is 34.6 Å². The minimum atomic E-state index is -0.657. The van der Waals surface area contributed by atoms with Crippen LogP contribution in [0.1, 0.15) is 32.6 Å². The highest BCUT2D eigenvalue weighted by molar-refractivity contribution is 6.42. The summed E-state index contributed by atoms with van der Waals surface area (Å²) in [6.07, 6.45) is 3.90. The molecule has 106 valence electrons. The zero-order valence-corrected chi connectivity index (χ0v) is 12.6. The summed E-state index contributed by atoms with van der Waals surface area (Å²) in [6.45, 7) is 2.66. The highest BCUT2D eigenvalue weighted by Gasteiger charge is 2.32. The van der Waals surface area contributed by atoms with E-state index in [4.69, 9.17) is 28.9 Å². The molecule has 0 bridgehead atoms. The zero-order valence-electron chi connectivity index (χ0n) is 11.0. The number of nitrogen functional groups attached to an aromatic ring is 1. The number of rotatable bonds is 3. The molecule has 1 aliphatic rings. The van der Waals surface area contributed by atoms with Gasteiger partial charge in [-0.3, -0.25) is 0 Å². The molecule has 0 saturated heterocycles. The van der Waals surface area contributed by atoms with Gasteiger partial charge >= 0.3 is 0 Å². The van der Waals surface area contributed by atoms with Crippen molar-refractivity contribution in [3.05, 3.63) is 22.2 Å². The molecule has 5 heteroatoms. The third-order valence-corrected chi connectivity index (χ3v) is 4.49. The number of halogens is 2. The van der Waals surface area contributed by atoms with Crippen LogP contribution in [-0.4, -0.2) is 17.3 Å². The maximum atomic E-state index is 10.6. The Morgan fingerprint density at radius 1 is 1.42 bits per heavy atom. The molecule has 1 fully saturated rings. The Labute approximate surface area is 124 Å². The lowest BCUT2D eigenvalue weighted by molar-refractivity contribution is -0.000747. The molecule has 2 atom stereocenters. The second-order valence-corrected chi connectivity index (χ2v) is 6.45. The predicted octanol–water partition coefficient (Wildman–Crippen LogP) is 3.93. The average Bonchev–Trinajstić information content (AvgIpc) is 2.32. The largest absolute Gasteiger partial charge is 0.397 e. The third-order valence-electron chi connectivity index (χ3n) is 3.77. The molecule has 0 heterocycles. The molecule has 1 aromatic carbocycles. The summed E-state index contributed by atoms with van der Waals surface area (Å²) in [5.41, 5.74) is 6.50. The van der Waals surface area contributed by atoms with Gasteiger partial charge in [-0.2, -0.15) is 0 Å². The lowest BCUT2D eigenvalue weighted by atomic mass is 9.79. The van der Waals surface area contributed by atoms with E-state index in [-0.39, 0.29) is 0 Å². The second-order valence-electron chi connectivity index (χ2n) is 5.63. The fourth-order valence-electron chi connectivity index (χ4n) is 2.77. The van der Waals surface area contributed by atoms with E-state index in [0.717, 1.165) is 24.9 Å². The van der Waals surface area contributed by atoms with Crippen LogP contribution in [-0.2, 0) is 0 Å². The molecular weight excluding hydrogens is 283 g/mol. The van der Waals surface area contributed by atoms with Crippen LogP contribution in [0.4, 0.5) is 11.4 Å². The van der Waals surface area contributed by atoms with Crippen molar-refractivity contribution in [3.8, 4) is 0 Å². The number of nitrogens with one attached hydrogen (secondary N) is 1. The number of hydrogen-bond acceptors (Lipinski definition) is 3. The summed E-state index contributed by atoms with van der Waals surface area (Å²) in [5, 5.41) is 14.6. The Kier molecular flexibility index (Phi) is 4.49. The maximum Gasteiger partial charge on any atom is 0.0821 e. The minimum Gasteiger partial charge on any atom is -0.397 e. The summed E-state index contributed by atoms with van der Waals surface area (Å²) in [6, 6.07) is 3.33. The van der Waals surface area contributed by atoms with Gasteiger partial charge in [-0.05, 0) is 30.9 Å². The van der Waals surface area contributed by atoms with Crippen molar-refractivity contribution in [2.75, 3.05) is 17.6 Å². The van der Waals surface area contributed by atoms with Crippen LogP contribution in [0.25, 0.3) is 0 Å². The standard InChI is InChI=1S/C14H20Cl2N2O/c1-9-3-2-4-14(19,7-9)8-18-13-6-11(16)10(15)5-12(13)17/h5-6,9,18-19H,2-4,7-8,17H2,1H3. The Hall–Kier alpha value is -0.640. The predicted molar refractivity (Wildman–Crippen MR) is 81.9 cm³/mol. The fraction of sp³-hybridized carbons (Fsp3) is 0.571. The first-order chi connectivity index (χ1) is 8.89. The van der Waals surface area contributed by atoms with E-state index in [1.807, 2.05) is 0 Å². The molecular formula is C14H20Cl2N2O. The molecule has 4 N–H and O–H groups in total. The lowest BCUT2D eigenvalue weighted by Gasteiger charge is -2.36. The van der Waals surface area contributed by atoms with Crippen LogP contribution in [0.15, 0.2) is 12.1 Å². The van der Waals surface area contributed by atoms with Gasteiger partial charge in [-0.1, -0.05) is 43.0 Å². The molecule has 2 rings (SSSR count). The number of hydrogen-bond donors (Lipinski definition) is 3. The van der Waals surface area contributed by atoms with E-state index < -0.39 is 5.60 Å². The Balaban J connectivity index is 2.04. The van der Waals surface area contributed by atoms with Crippen molar-refractivity contribution < 1.29 is 5.11 Å². The Morgan fingerprint density at radius 2 is 2.11 bits per heavy atom. The van der Waals surface area contributed by atoms with E-state index in [1.54, 1.807) is 12.1 Å². The van der Waals surface area contributed by atoms with Crippen LogP contribution < -0.4 is 11.1 Å². The molecule has 1 saturated carbocycles. The van der Waals surface area contributed by atoms with Crippen molar-refractivity contribution in [2.45, 2.75) is 38.2 Å². The fourth-order valence-corrected chi connectivity index (χ4v) is 3.10. The summed E-state index contributed by atoms with van der Waals surface area (Å²) in [7, 11) is 0. The van der Waals surface area contributed by atoms with Crippen LogP contribution in [0, 0.1) is 5.92 Å². The van der Waals surface area contributed by atoms with E-state index in [0.29, 0.717) is 28.2 Å². The van der Waals surface area contributed by atoms with E-state index >= 15 is 0 Å². The first-order valence-corrected chi connectivity index (χ1v) is 7.36. The van der Waals surface area contributed by atoms with Crippen molar-refractivity contribution in [2.24, 2.45) is 5.92 Å². The van der Waals surface area contributed by atoms with E-state index in [1.165, 1.54) is 6.42 Å². The first kappa shape index (κ1) is 14.8. The molecule has 1 aromatic rings. The van der Waals surface area contributed by atoms with E-state index in [2.05, 4.69) is 12.2 Å². The summed E-state index contributed by atoms with van der Waals surface area (Å²) in [5.74, 6) is 0.562. The number of benzene rings is 1. The molecule has 0 aromatic heterocycles. The molecule has 3 nitrogen and oxygen atoms in total. The Morgan fingerprint density at radius 3 is 2.79 bits per heavy atom. The Bertz CT molecular complexity index is 467. The van der Waals surface area contributed by atoms with Gasteiger partial charge in [-0.25, -0.2) is 0 Å². The molecule has 0 amide bonds. The summed E-state index contributed by atoms with van der Waals surface area (Å²) < 4.78 is 0. The smallest absolute Gasteiger partial charge is 0.0821 e. The van der Waals surface area contributed by atoms with Gasteiger partial charge in [0.05, 0.1) is 27.0 Å². The number of aliphatic hydroxyl groups is 1. The number of anilines is 2. The monoisotopic (exact) mass is 302 g/mol. The van der Waals surface area contributed by atoms with Crippen molar-refractivity contribution in [1.29, 1.82) is 0 Å². The minimum absolute atomic E-state index is 0.440. The van der Waals surface area contributed by atoms with Gasteiger partial charge in [0.1, 0.15) is 0 Å². The van der Waals surface area contributed by atoms with Crippen LogP contribution in [0.3, 0.4) is 0 Å². The molecule has 19 heavy (non-hydrogen) atoms. The highest BCUT2D eigenvalue weighted by atomic mass is 35.5. The van der Waals surface area contributed by atoms with Crippen LogP contribution in [0.5, 0.6) is 0 Å². The second kappa shape index (κ2) is 5.78. The van der Waals surface area contributed by atoms with Gasteiger partial charge < -0.3 is 16.2 Å².